The Hall–Kier alpha value is -5.74. The SMILES string of the molecule is O=C(O)CCC(=O)NCCCC[C@@H](C(=O)O)N(C/C=C/c1cccc(NC(=O)c2ccccc2)c1)Cc1ccc(Oc2ccccc2)cc1. The number of carboxylic acid groups (broad SMARTS) is 2. The average Bonchev–Trinajstić information content (AvgIpc) is 3.10. The predicted octanol–water partition coefficient (Wildman–Crippen LogP) is 6.85. The van der Waals surface area contributed by atoms with Gasteiger partial charge < -0.3 is 25.6 Å². The molecule has 49 heavy (non-hydrogen) atoms. The maximum absolute atomic E-state index is 12.6. The molecule has 0 aliphatic carbocycles. The van der Waals surface area contributed by atoms with Crippen LogP contribution < -0.4 is 15.4 Å². The third-order valence-electron chi connectivity index (χ3n) is 7.64. The monoisotopic (exact) mass is 663 g/mol. The Bertz CT molecular complexity index is 1690. The molecule has 0 spiro atoms. The van der Waals surface area contributed by atoms with Crippen LogP contribution in [0.1, 0.15) is 53.6 Å². The number of hydrogen-bond donors (Lipinski definition) is 4. The van der Waals surface area contributed by atoms with Gasteiger partial charge in [-0.15, -0.1) is 0 Å². The summed E-state index contributed by atoms with van der Waals surface area (Å²) in [5.41, 5.74) is 2.96. The normalized spacial score (nSPS) is 11.6. The van der Waals surface area contributed by atoms with Crippen LogP contribution in [0.15, 0.2) is 115 Å². The summed E-state index contributed by atoms with van der Waals surface area (Å²) in [7, 11) is 0. The van der Waals surface area contributed by atoms with Crippen LogP contribution in [0.25, 0.3) is 6.08 Å². The molecule has 4 N–H and O–H groups in total. The van der Waals surface area contributed by atoms with Crippen LogP contribution in [0.5, 0.6) is 11.5 Å². The zero-order valence-corrected chi connectivity index (χ0v) is 27.2. The molecular weight excluding hydrogens is 622 g/mol. The lowest BCUT2D eigenvalue weighted by Gasteiger charge is -2.28. The van der Waals surface area contributed by atoms with E-state index in [4.69, 9.17) is 9.84 Å². The number of ether oxygens (including phenoxy) is 1. The molecule has 0 heterocycles. The van der Waals surface area contributed by atoms with E-state index in [-0.39, 0.29) is 24.7 Å². The lowest BCUT2D eigenvalue weighted by atomic mass is 10.1. The van der Waals surface area contributed by atoms with E-state index >= 15 is 0 Å². The molecule has 10 heteroatoms. The highest BCUT2D eigenvalue weighted by Crippen LogP contribution is 2.23. The highest BCUT2D eigenvalue weighted by Gasteiger charge is 2.24. The minimum Gasteiger partial charge on any atom is -0.481 e. The van der Waals surface area contributed by atoms with Crippen LogP contribution in [-0.4, -0.2) is 58.0 Å². The van der Waals surface area contributed by atoms with Crippen LogP contribution in [0, 0.1) is 0 Å². The standard InChI is InChI=1S/C39H41N3O7/c43-36(23-24-37(44)45)40-25-8-7-18-35(39(47)48)42(28-30-19-21-34(22-20-30)49-33-16-5-2-6-17-33)26-10-12-29-11-9-15-32(27-29)41-38(46)31-13-3-1-4-14-31/h1-6,9-17,19-22,27,35H,7-8,18,23-26,28H2,(H,40,43)(H,41,46)(H,44,45)(H,47,48)/b12-10+/t35-/m0/s1. The molecule has 0 fully saturated rings. The molecule has 2 amide bonds. The van der Waals surface area contributed by atoms with E-state index in [1.807, 2.05) is 102 Å². The summed E-state index contributed by atoms with van der Waals surface area (Å²) >= 11 is 0. The van der Waals surface area contributed by atoms with Gasteiger partial charge in [0.15, 0.2) is 0 Å². The second kappa shape index (κ2) is 19.2. The lowest BCUT2D eigenvalue weighted by Crippen LogP contribution is -2.41. The van der Waals surface area contributed by atoms with E-state index < -0.39 is 18.0 Å². The fourth-order valence-corrected chi connectivity index (χ4v) is 5.12. The number of rotatable bonds is 19. The molecule has 0 saturated carbocycles. The first-order valence-electron chi connectivity index (χ1n) is 16.2. The summed E-state index contributed by atoms with van der Waals surface area (Å²) in [5.74, 6) is -1.15. The van der Waals surface area contributed by atoms with Crippen molar-refractivity contribution < 1.29 is 34.1 Å². The second-order valence-corrected chi connectivity index (χ2v) is 11.4. The quantitative estimate of drug-likeness (QED) is 0.0798. The molecule has 254 valence electrons. The lowest BCUT2D eigenvalue weighted by molar-refractivity contribution is -0.143. The van der Waals surface area contributed by atoms with Crippen molar-refractivity contribution in [3.8, 4) is 11.5 Å². The first kappa shape index (κ1) is 36.1. The molecular formula is C39H41N3O7. The third kappa shape index (κ3) is 12.8. The highest BCUT2D eigenvalue weighted by atomic mass is 16.5. The third-order valence-corrected chi connectivity index (χ3v) is 7.64. The fraction of sp³-hybridized carbons (Fsp3) is 0.231. The van der Waals surface area contributed by atoms with E-state index in [0.29, 0.717) is 55.9 Å². The smallest absolute Gasteiger partial charge is 0.320 e. The first-order valence-corrected chi connectivity index (χ1v) is 16.2. The highest BCUT2D eigenvalue weighted by molar-refractivity contribution is 6.04. The summed E-state index contributed by atoms with van der Waals surface area (Å²) in [5, 5.41) is 24.6. The van der Waals surface area contributed by atoms with Crippen LogP contribution >= 0.6 is 0 Å². The van der Waals surface area contributed by atoms with Crippen molar-refractivity contribution in [1.82, 2.24) is 10.2 Å². The predicted molar refractivity (Wildman–Crippen MR) is 188 cm³/mol. The van der Waals surface area contributed by atoms with Crippen molar-refractivity contribution in [2.75, 3.05) is 18.4 Å². The molecule has 4 aromatic carbocycles. The number of hydrogen-bond acceptors (Lipinski definition) is 6. The van der Waals surface area contributed by atoms with Crippen molar-refractivity contribution in [3.63, 3.8) is 0 Å². The van der Waals surface area contributed by atoms with Crippen molar-refractivity contribution in [2.24, 2.45) is 0 Å². The van der Waals surface area contributed by atoms with Gasteiger partial charge in [-0.2, -0.15) is 0 Å². The number of aliphatic carboxylic acids is 2. The minimum absolute atomic E-state index is 0.0926. The van der Waals surface area contributed by atoms with Gasteiger partial charge in [-0.3, -0.25) is 24.1 Å². The van der Waals surface area contributed by atoms with Gasteiger partial charge in [0.2, 0.25) is 5.91 Å². The zero-order valence-electron chi connectivity index (χ0n) is 27.2. The summed E-state index contributed by atoms with van der Waals surface area (Å²) in [6.45, 7) is 1.04. The average molecular weight is 664 g/mol. The number of amides is 2. The summed E-state index contributed by atoms with van der Waals surface area (Å²) < 4.78 is 5.91. The Morgan fingerprint density at radius 1 is 0.776 bits per heavy atom. The molecule has 10 nitrogen and oxygen atoms in total. The summed E-state index contributed by atoms with van der Waals surface area (Å²) in [6.07, 6.45) is 4.93. The van der Waals surface area contributed by atoms with E-state index in [0.717, 1.165) is 16.9 Å². The Morgan fingerprint density at radius 2 is 1.47 bits per heavy atom. The maximum Gasteiger partial charge on any atom is 0.320 e. The number of anilines is 1. The Kier molecular flexibility index (Phi) is 14.1. The van der Waals surface area contributed by atoms with E-state index in [2.05, 4.69) is 10.6 Å². The second-order valence-electron chi connectivity index (χ2n) is 11.4. The number of carbonyl (C=O) groups excluding carboxylic acids is 2. The van der Waals surface area contributed by atoms with Crippen LogP contribution in [0.4, 0.5) is 5.69 Å². The van der Waals surface area contributed by atoms with Gasteiger partial charge in [0.25, 0.3) is 5.91 Å². The number of unbranched alkanes of at least 4 members (excludes halogenated alkanes) is 1. The first-order chi connectivity index (χ1) is 23.8. The number of nitrogens with one attached hydrogen (secondary N) is 2. The fourth-order valence-electron chi connectivity index (χ4n) is 5.12. The van der Waals surface area contributed by atoms with Crippen LogP contribution in [0.2, 0.25) is 0 Å². The maximum atomic E-state index is 12.6. The number of nitrogens with zero attached hydrogens (tertiary/aromatic N) is 1. The molecule has 0 saturated heterocycles. The van der Waals surface area contributed by atoms with Crippen molar-refractivity contribution in [1.29, 1.82) is 0 Å². The van der Waals surface area contributed by atoms with Gasteiger partial charge in [0.1, 0.15) is 17.5 Å². The molecule has 0 unspecified atom stereocenters. The van der Waals surface area contributed by atoms with Crippen LogP contribution in [-0.2, 0) is 20.9 Å². The molecule has 4 aromatic rings. The largest absolute Gasteiger partial charge is 0.481 e. The van der Waals surface area contributed by atoms with Gasteiger partial charge in [0.05, 0.1) is 6.42 Å². The Morgan fingerprint density at radius 3 is 2.16 bits per heavy atom. The minimum atomic E-state index is -1.03. The number of carboxylic acids is 2. The molecule has 0 aromatic heterocycles. The number of carbonyl (C=O) groups is 4. The zero-order chi connectivity index (χ0) is 34.8. The molecule has 0 aliphatic rings. The van der Waals surface area contributed by atoms with E-state index in [1.165, 1.54) is 0 Å². The number of benzene rings is 4. The van der Waals surface area contributed by atoms with E-state index in [9.17, 15) is 24.3 Å². The summed E-state index contributed by atoms with van der Waals surface area (Å²) in [4.78, 5) is 49.6. The Balaban J connectivity index is 1.42. The van der Waals surface area contributed by atoms with Crippen molar-refractivity contribution in [2.45, 2.75) is 44.7 Å². The Labute approximate surface area is 286 Å². The van der Waals surface area contributed by atoms with Gasteiger partial charge in [-0.25, -0.2) is 0 Å². The number of para-hydroxylation sites is 1. The van der Waals surface area contributed by atoms with Gasteiger partial charge in [0, 0.05) is 37.3 Å². The van der Waals surface area contributed by atoms with Crippen molar-refractivity contribution in [3.05, 3.63) is 132 Å². The topological polar surface area (TPSA) is 145 Å². The van der Waals surface area contributed by atoms with E-state index in [1.54, 1.807) is 24.3 Å². The van der Waals surface area contributed by atoms with Crippen molar-refractivity contribution >= 4 is 35.5 Å². The molecule has 0 aliphatic heterocycles. The summed E-state index contributed by atoms with van der Waals surface area (Å²) in [6, 6.07) is 32.5. The van der Waals surface area contributed by atoms with Crippen LogP contribution in [0.3, 0.4) is 0 Å². The van der Waals surface area contributed by atoms with Gasteiger partial charge in [-0.1, -0.05) is 72.8 Å². The molecule has 0 bridgehead atoms. The van der Waals surface area contributed by atoms with Gasteiger partial charge >= 0.3 is 11.9 Å². The van der Waals surface area contributed by atoms with Gasteiger partial charge in [-0.05, 0) is 78.9 Å². The molecule has 4 rings (SSSR count). The molecule has 1 atom stereocenters. The molecule has 0 radical (unpaired) electrons.